The number of H-pyrrole nitrogens is 1. The van der Waals surface area contributed by atoms with E-state index in [1.165, 1.54) is 10.7 Å². The van der Waals surface area contributed by atoms with Gasteiger partial charge in [0, 0.05) is 23.2 Å². The number of fused-ring (bicyclic) bond motifs is 1. The molecule has 10 heteroatoms. The Kier molecular flexibility index (Phi) is 4.76. The summed E-state index contributed by atoms with van der Waals surface area (Å²) >= 11 is 12.2. The van der Waals surface area contributed by atoms with E-state index in [-0.39, 0.29) is 17.0 Å². The van der Waals surface area contributed by atoms with Crippen LogP contribution in [0.25, 0.3) is 27.9 Å². The van der Waals surface area contributed by atoms with Crippen LogP contribution in [0.2, 0.25) is 10.0 Å². The first-order valence-electron chi connectivity index (χ1n) is 9.65. The first-order valence-corrected chi connectivity index (χ1v) is 10.4. The summed E-state index contributed by atoms with van der Waals surface area (Å²) in [6, 6.07) is 7.62. The van der Waals surface area contributed by atoms with Gasteiger partial charge in [-0.25, -0.2) is 0 Å². The van der Waals surface area contributed by atoms with Gasteiger partial charge < -0.3 is 10.1 Å². The van der Waals surface area contributed by atoms with Crippen molar-refractivity contribution in [1.29, 1.82) is 0 Å². The molecule has 1 fully saturated rings. The lowest BCUT2D eigenvalue weighted by molar-refractivity contribution is -0.137. The van der Waals surface area contributed by atoms with Gasteiger partial charge >= 0.3 is 6.18 Å². The molecule has 5 rings (SSSR count). The Morgan fingerprint density at radius 3 is 2.44 bits per heavy atom. The zero-order chi connectivity index (χ0) is 22.8. The van der Waals surface area contributed by atoms with Gasteiger partial charge in [-0.05, 0) is 48.7 Å². The summed E-state index contributed by atoms with van der Waals surface area (Å²) in [4.78, 5) is 16.2. The Balaban J connectivity index is 1.70. The summed E-state index contributed by atoms with van der Waals surface area (Å²) in [6.07, 6.45) is -1.39. The molecule has 1 aliphatic carbocycles. The minimum Gasteiger partial charge on any atom is -0.507 e. The lowest BCUT2D eigenvalue weighted by Crippen LogP contribution is -2.17. The number of phenolic OH excluding ortho intramolecular Hbond substituents is 1. The molecule has 2 heterocycles. The topological polar surface area (TPSA) is 70.4 Å². The molecule has 0 spiro atoms. The van der Waals surface area contributed by atoms with Gasteiger partial charge in [-0.2, -0.15) is 22.8 Å². The number of aromatic hydroxyl groups is 1. The van der Waals surface area contributed by atoms with Crippen molar-refractivity contribution in [2.75, 3.05) is 0 Å². The number of benzene rings is 2. The van der Waals surface area contributed by atoms with Crippen LogP contribution < -0.4 is 5.56 Å². The Morgan fingerprint density at radius 1 is 1.06 bits per heavy atom. The second-order valence-corrected chi connectivity index (χ2v) is 8.48. The van der Waals surface area contributed by atoms with Crippen LogP contribution >= 0.6 is 23.2 Å². The highest BCUT2D eigenvalue weighted by Gasteiger charge is 2.33. The van der Waals surface area contributed by atoms with Crippen LogP contribution in [0.3, 0.4) is 0 Å². The third kappa shape index (κ3) is 3.43. The number of nitrogens with one attached hydrogen (secondary N) is 1. The fraction of sp³-hybridized carbons (Fsp3) is 0.182. The molecule has 164 valence electrons. The van der Waals surface area contributed by atoms with E-state index in [4.69, 9.17) is 23.2 Å². The van der Waals surface area contributed by atoms with Gasteiger partial charge in [0.05, 0.1) is 26.9 Å². The summed E-state index contributed by atoms with van der Waals surface area (Å²) in [7, 11) is 0. The summed E-state index contributed by atoms with van der Waals surface area (Å²) in [5.74, 6) is -0.459. The number of halogens is 5. The minimum atomic E-state index is -4.61. The number of nitrogens with zero attached hydrogens (tertiary/aromatic N) is 2. The van der Waals surface area contributed by atoms with Crippen LogP contribution in [-0.2, 0) is 6.18 Å². The first-order chi connectivity index (χ1) is 15.1. The smallest absolute Gasteiger partial charge is 0.416 e. The van der Waals surface area contributed by atoms with Gasteiger partial charge in [-0.1, -0.05) is 29.3 Å². The van der Waals surface area contributed by atoms with Crippen molar-refractivity contribution < 1.29 is 18.3 Å². The lowest BCUT2D eigenvalue weighted by atomic mass is 10.0. The number of phenols is 1. The quantitative estimate of drug-likeness (QED) is 0.364. The Morgan fingerprint density at radius 2 is 1.81 bits per heavy atom. The number of rotatable bonds is 3. The molecule has 1 aliphatic rings. The highest BCUT2D eigenvalue weighted by Crippen LogP contribution is 2.45. The van der Waals surface area contributed by atoms with Crippen molar-refractivity contribution in [3.63, 3.8) is 0 Å². The van der Waals surface area contributed by atoms with Crippen molar-refractivity contribution in [3.8, 4) is 28.0 Å². The molecule has 2 aromatic carbocycles. The highest BCUT2D eigenvalue weighted by atomic mass is 35.5. The highest BCUT2D eigenvalue weighted by molar-refractivity contribution is 6.42. The molecule has 0 atom stereocenters. The van der Waals surface area contributed by atoms with E-state index in [0.29, 0.717) is 27.3 Å². The predicted molar refractivity (Wildman–Crippen MR) is 115 cm³/mol. The molecule has 0 saturated heterocycles. The van der Waals surface area contributed by atoms with Crippen molar-refractivity contribution >= 4 is 28.8 Å². The van der Waals surface area contributed by atoms with Crippen molar-refractivity contribution in [3.05, 3.63) is 74.3 Å². The SMILES string of the molecule is O=c1c(-c2ccc(C(F)(F)F)cc2O)c[nH]c2c(-c3ccc(Cl)c(Cl)c3)c(C3CC3)nn12. The van der Waals surface area contributed by atoms with Gasteiger partial charge in [0.15, 0.2) is 0 Å². The molecule has 0 radical (unpaired) electrons. The molecule has 1 saturated carbocycles. The van der Waals surface area contributed by atoms with E-state index in [1.54, 1.807) is 18.2 Å². The normalized spacial score (nSPS) is 14.3. The first kappa shape index (κ1) is 20.9. The maximum Gasteiger partial charge on any atom is 0.416 e. The Labute approximate surface area is 189 Å². The molecule has 5 nitrogen and oxygen atoms in total. The van der Waals surface area contributed by atoms with E-state index < -0.39 is 23.0 Å². The number of hydrogen-bond acceptors (Lipinski definition) is 3. The minimum absolute atomic E-state index is 0.00531. The molecular formula is C22H14Cl2F3N3O2. The predicted octanol–water partition coefficient (Wildman–Crippen LogP) is 6.27. The van der Waals surface area contributed by atoms with Gasteiger partial charge in [-0.3, -0.25) is 4.79 Å². The lowest BCUT2D eigenvalue weighted by Gasteiger charge is -2.10. The second kappa shape index (κ2) is 7.28. The third-order valence-electron chi connectivity index (χ3n) is 5.48. The molecule has 2 aromatic heterocycles. The average molecular weight is 480 g/mol. The molecule has 0 aliphatic heterocycles. The average Bonchev–Trinajstić information content (AvgIpc) is 3.50. The molecule has 2 N–H and O–H groups in total. The van der Waals surface area contributed by atoms with Gasteiger partial charge in [0.2, 0.25) is 0 Å². The van der Waals surface area contributed by atoms with Gasteiger partial charge in [0.25, 0.3) is 5.56 Å². The Bertz CT molecular complexity index is 1440. The fourth-order valence-electron chi connectivity index (χ4n) is 3.74. The van der Waals surface area contributed by atoms with Crippen molar-refractivity contribution in [1.82, 2.24) is 14.6 Å². The van der Waals surface area contributed by atoms with Crippen LogP contribution in [0.5, 0.6) is 5.75 Å². The molecule has 4 aromatic rings. The zero-order valence-electron chi connectivity index (χ0n) is 16.2. The zero-order valence-corrected chi connectivity index (χ0v) is 17.7. The second-order valence-electron chi connectivity index (χ2n) is 7.66. The summed E-state index contributed by atoms with van der Waals surface area (Å²) < 4.78 is 39.9. The number of aromatic nitrogens is 3. The number of hydrogen-bond donors (Lipinski definition) is 2. The van der Waals surface area contributed by atoms with Crippen LogP contribution in [0.15, 0.2) is 47.4 Å². The molecule has 0 bridgehead atoms. The fourth-order valence-corrected chi connectivity index (χ4v) is 4.04. The van der Waals surface area contributed by atoms with E-state index in [2.05, 4.69) is 10.1 Å². The van der Waals surface area contributed by atoms with E-state index in [0.717, 1.165) is 36.2 Å². The van der Waals surface area contributed by atoms with Crippen LogP contribution in [0, 0.1) is 0 Å². The van der Waals surface area contributed by atoms with Crippen molar-refractivity contribution in [2.45, 2.75) is 24.9 Å². The van der Waals surface area contributed by atoms with Gasteiger partial charge in [0.1, 0.15) is 11.4 Å². The molecule has 32 heavy (non-hydrogen) atoms. The van der Waals surface area contributed by atoms with Crippen LogP contribution in [-0.4, -0.2) is 19.7 Å². The molecule has 0 unspecified atom stereocenters. The number of alkyl halides is 3. The number of aromatic amines is 1. The van der Waals surface area contributed by atoms with Crippen LogP contribution in [0.1, 0.15) is 30.0 Å². The summed E-state index contributed by atoms with van der Waals surface area (Å²) in [5, 5.41) is 15.5. The van der Waals surface area contributed by atoms with Gasteiger partial charge in [-0.15, -0.1) is 0 Å². The molecular weight excluding hydrogens is 466 g/mol. The van der Waals surface area contributed by atoms with Crippen LogP contribution in [0.4, 0.5) is 13.2 Å². The van der Waals surface area contributed by atoms with E-state index in [1.807, 2.05) is 0 Å². The van der Waals surface area contributed by atoms with E-state index in [9.17, 15) is 23.1 Å². The maximum absolute atomic E-state index is 13.2. The molecule has 0 amide bonds. The summed E-state index contributed by atoms with van der Waals surface area (Å²) in [5.41, 5.74) is 0.990. The maximum atomic E-state index is 13.2. The summed E-state index contributed by atoms with van der Waals surface area (Å²) in [6.45, 7) is 0. The standard InChI is InChI=1S/C22H14Cl2F3N3O2/c23-15-6-3-11(7-16(15)24)18-19(10-1-2-10)29-30-20(18)28-9-14(21(30)32)13-5-4-12(8-17(13)31)22(25,26)27/h3-10,28,31H,1-2H2. The third-order valence-corrected chi connectivity index (χ3v) is 6.22. The largest absolute Gasteiger partial charge is 0.507 e. The Hall–Kier alpha value is -2.97. The van der Waals surface area contributed by atoms with Crippen molar-refractivity contribution in [2.24, 2.45) is 0 Å². The monoisotopic (exact) mass is 479 g/mol. The van der Waals surface area contributed by atoms with E-state index >= 15 is 0 Å².